The minimum absolute atomic E-state index is 0.207. The number of aromatic nitrogens is 1. The van der Waals surface area contributed by atoms with E-state index in [0.29, 0.717) is 19.7 Å². The average molecular weight is 349 g/mol. The van der Waals surface area contributed by atoms with Gasteiger partial charge in [-0.1, -0.05) is 25.5 Å². The molecule has 0 amide bonds. The van der Waals surface area contributed by atoms with E-state index in [1.807, 2.05) is 18.3 Å². The highest BCUT2D eigenvalue weighted by Gasteiger charge is 2.17. The summed E-state index contributed by atoms with van der Waals surface area (Å²) in [6.07, 6.45) is 3.54. The lowest BCUT2D eigenvalue weighted by atomic mass is 10.2. The summed E-state index contributed by atoms with van der Waals surface area (Å²) in [7, 11) is 1.70. The highest BCUT2D eigenvalue weighted by molar-refractivity contribution is 5.18. The molecule has 0 fully saturated rings. The average Bonchev–Trinajstić information content (AvgIpc) is 2.99. The first-order valence-corrected chi connectivity index (χ1v) is 9.01. The van der Waals surface area contributed by atoms with Crippen molar-refractivity contribution in [1.82, 2.24) is 4.57 Å². The van der Waals surface area contributed by atoms with Crippen molar-refractivity contribution in [3.05, 3.63) is 59.7 Å². The van der Waals surface area contributed by atoms with Gasteiger partial charge in [0.1, 0.15) is 31.6 Å². The van der Waals surface area contributed by atoms with Gasteiger partial charge >= 0.3 is 0 Å². The van der Waals surface area contributed by atoms with Crippen molar-refractivity contribution in [2.75, 3.05) is 26.8 Å². The first-order chi connectivity index (χ1) is 12.1. The second-order valence-corrected chi connectivity index (χ2v) is 6.57. The molecule has 1 aromatic carbocycles. The summed E-state index contributed by atoms with van der Waals surface area (Å²) in [5, 5.41) is 10.2. The van der Waals surface area contributed by atoms with E-state index in [0.717, 1.165) is 31.5 Å². The van der Waals surface area contributed by atoms with E-state index in [4.69, 9.17) is 4.74 Å². The third kappa shape index (κ3) is 6.61. The largest absolute Gasteiger partial charge is 0.387 e. The Morgan fingerprint density at radius 1 is 1.28 bits per heavy atom. The molecule has 138 valence electrons. The molecule has 2 atom stereocenters. The van der Waals surface area contributed by atoms with Crippen LogP contribution in [-0.4, -0.2) is 42.6 Å². The van der Waals surface area contributed by atoms with Crippen molar-refractivity contribution in [3.63, 3.8) is 0 Å². The number of benzene rings is 1. The Morgan fingerprint density at radius 3 is 2.84 bits per heavy atom. The molecule has 1 unspecified atom stereocenters. The number of aliphatic hydroxyl groups is 1. The Hall–Kier alpha value is -1.69. The fourth-order valence-electron chi connectivity index (χ4n) is 3.13. The minimum Gasteiger partial charge on any atom is -0.387 e. The maximum absolute atomic E-state index is 13.4. The molecule has 0 bridgehead atoms. The van der Waals surface area contributed by atoms with Gasteiger partial charge in [0, 0.05) is 19.9 Å². The van der Waals surface area contributed by atoms with Crippen molar-refractivity contribution in [3.8, 4) is 0 Å². The number of aliphatic hydroxyl groups excluding tert-OH is 1. The molecule has 25 heavy (non-hydrogen) atoms. The van der Waals surface area contributed by atoms with Gasteiger partial charge in [0.2, 0.25) is 0 Å². The summed E-state index contributed by atoms with van der Waals surface area (Å²) in [5.41, 5.74) is 2.13. The van der Waals surface area contributed by atoms with Crippen molar-refractivity contribution >= 4 is 0 Å². The number of ether oxygens (including phenoxy) is 1. The van der Waals surface area contributed by atoms with Gasteiger partial charge in [-0.3, -0.25) is 0 Å². The van der Waals surface area contributed by atoms with Gasteiger partial charge in [-0.05, 0) is 36.2 Å². The zero-order valence-electron chi connectivity index (χ0n) is 15.2. The van der Waals surface area contributed by atoms with Crippen LogP contribution in [0.5, 0.6) is 0 Å². The molecule has 1 heterocycles. The molecule has 0 radical (unpaired) electrons. The van der Waals surface area contributed by atoms with Gasteiger partial charge in [0.25, 0.3) is 0 Å². The molecule has 0 aliphatic carbocycles. The predicted molar refractivity (Wildman–Crippen MR) is 97.1 cm³/mol. The summed E-state index contributed by atoms with van der Waals surface area (Å²) in [5.74, 6) is -0.207. The predicted octanol–water partition coefficient (Wildman–Crippen LogP) is 1.87. The van der Waals surface area contributed by atoms with Crippen LogP contribution >= 0.6 is 0 Å². The van der Waals surface area contributed by atoms with Gasteiger partial charge in [-0.25, -0.2) is 4.39 Å². The van der Waals surface area contributed by atoms with E-state index in [-0.39, 0.29) is 11.9 Å². The Labute approximate surface area is 149 Å². The van der Waals surface area contributed by atoms with Crippen LogP contribution in [0.2, 0.25) is 0 Å². The Kier molecular flexibility index (Phi) is 8.12. The lowest BCUT2D eigenvalue weighted by Crippen LogP contribution is -3.12. The van der Waals surface area contributed by atoms with E-state index < -0.39 is 0 Å². The van der Waals surface area contributed by atoms with Crippen molar-refractivity contribution < 1.29 is 19.1 Å². The molecule has 0 saturated carbocycles. The fourth-order valence-corrected chi connectivity index (χ4v) is 3.13. The lowest BCUT2D eigenvalue weighted by Gasteiger charge is -2.23. The normalized spacial score (nSPS) is 13.8. The van der Waals surface area contributed by atoms with E-state index in [1.54, 1.807) is 19.2 Å². The number of quaternary nitrogens is 1. The minimum atomic E-state index is -0.288. The standard InChI is InChI=1S/C20H29FN2O2/c1-3-6-20(24)16-22(11-12-25-2)15-19-9-5-10-23(19)14-17-7-4-8-18(21)13-17/h4-5,7-10,13,20,24H,3,6,11-12,14-16H2,1-2H3/p+1/t20-/m0/s1. The second-order valence-electron chi connectivity index (χ2n) is 6.57. The lowest BCUT2D eigenvalue weighted by molar-refractivity contribution is -0.917. The van der Waals surface area contributed by atoms with Crippen LogP contribution in [0.3, 0.4) is 0 Å². The van der Waals surface area contributed by atoms with Gasteiger partial charge in [-0.15, -0.1) is 0 Å². The Bertz CT molecular complexity index is 630. The van der Waals surface area contributed by atoms with Crippen LogP contribution < -0.4 is 4.90 Å². The number of nitrogens with one attached hydrogen (secondary N) is 1. The van der Waals surface area contributed by atoms with Crippen LogP contribution in [0, 0.1) is 5.82 Å². The quantitative estimate of drug-likeness (QED) is 0.650. The third-order valence-electron chi connectivity index (χ3n) is 4.40. The van der Waals surface area contributed by atoms with E-state index >= 15 is 0 Å². The molecule has 0 saturated heterocycles. The topological polar surface area (TPSA) is 38.8 Å². The number of nitrogens with zero attached hydrogens (tertiary/aromatic N) is 1. The molecular weight excluding hydrogens is 319 g/mol. The summed E-state index contributed by atoms with van der Waals surface area (Å²) >= 11 is 0. The van der Waals surface area contributed by atoms with Crippen LogP contribution in [0.4, 0.5) is 4.39 Å². The van der Waals surface area contributed by atoms with Gasteiger partial charge in [0.05, 0.1) is 12.3 Å². The smallest absolute Gasteiger partial charge is 0.123 e. The monoisotopic (exact) mass is 349 g/mol. The van der Waals surface area contributed by atoms with E-state index in [1.165, 1.54) is 16.7 Å². The number of hydrogen-bond donors (Lipinski definition) is 2. The zero-order chi connectivity index (χ0) is 18.1. The molecule has 2 aromatic rings. The number of rotatable bonds is 11. The maximum atomic E-state index is 13.4. The van der Waals surface area contributed by atoms with Crippen molar-refractivity contribution in [2.45, 2.75) is 39.0 Å². The summed E-state index contributed by atoms with van der Waals surface area (Å²) in [4.78, 5) is 1.29. The molecule has 2 N–H and O–H groups in total. The van der Waals surface area contributed by atoms with Gasteiger partial charge in [-0.2, -0.15) is 0 Å². The number of halogens is 1. The maximum Gasteiger partial charge on any atom is 0.123 e. The molecule has 0 spiro atoms. The summed E-state index contributed by atoms with van der Waals surface area (Å²) in [6.45, 7) is 5.77. The molecular formula is C20H30FN2O2+. The summed E-state index contributed by atoms with van der Waals surface area (Å²) < 4.78 is 20.8. The summed E-state index contributed by atoms with van der Waals surface area (Å²) in [6, 6.07) is 10.8. The van der Waals surface area contributed by atoms with Crippen LogP contribution in [0.1, 0.15) is 31.0 Å². The van der Waals surface area contributed by atoms with Crippen LogP contribution in [0.25, 0.3) is 0 Å². The van der Waals surface area contributed by atoms with Crippen LogP contribution in [-0.2, 0) is 17.8 Å². The zero-order valence-corrected chi connectivity index (χ0v) is 15.2. The fraction of sp³-hybridized carbons (Fsp3) is 0.500. The van der Waals surface area contributed by atoms with E-state index in [9.17, 15) is 9.50 Å². The molecule has 4 nitrogen and oxygen atoms in total. The Morgan fingerprint density at radius 2 is 2.12 bits per heavy atom. The first kappa shape index (κ1) is 19.6. The highest BCUT2D eigenvalue weighted by Crippen LogP contribution is 2.09. The van der Waals surface area contributed by atoms with Gasteiger partial charge in [0.15, 0.2) is 0 Å². The first-order valence-electron chi connectivity index (χ1n) is 9.01. The number of methoxy groups -OCH3 is 1. The van der Waals surface area contributed by atoms with Crippen molar-refractivity contribution in [2.24, 2.45) is 0 Å². The molecule has 0 aliphatic rings. The molecule has 1 aromatic heterocycles. The molecule has 2 rings (SSSR count). The van der Waals surface area contributed by atoms with Crippen LogP contribution in [0.15, 0.2) is 42.6 Å². The molecule has 0 aliphatic heterocycles. The third-order valence-corrected chi connectivity index (χ3v) is 4.40. The van der Waals surface area contributed by atoms with Crippen molar-refractivity contribution in [1.29, 1.82) is 0 Å². The highest BCUT2D eigenvalue weighted by atomic mass is 19.1. The second kappa shape index (κ2) is 10.3. The van der Waals surface area contributed by atoms with E-state index in [2.05, 4.69) is 17.6 Å². The van der Waals surface area contributed by atoms with Gasteiger partial charge < -0.3 is 19.3 Å². The Balaban J connectivity index is 2.04. The number of hydrogen-bond acceptors (Lipinski definition) is 2. The SMILES string of the molecule is CCC[C@H](O)C[NH+](CCOC)Cc1cccn1Cc1cccc(F)c1. The molecule has 5 heteroatoms.